The quantitative estimate of drug-likeness (QED) is 0.412. The normalized spacial score (nSPS) is 16.3. The van der Waals surface area contributed by atoms with Crippen LogP contribution in [0.4, 0.5) is 52.7 Å². The molecule has 0 radical (unpaired) electrons. The molecule has 0 rings (SSSR count). The zero-order valence-corrected chi connectivity index (χ0v) is 15.1. The summed E-state index contributed by atoms with van der Waals surface area (Å²) in [4.78, 5) is 0. The van der Waals surface area contributed by atoms with E-state index >= 15 is 0 Å². The summed E-state index contributed by atoms with van der Waals surface area (Å²) in [5.41, 5.74) is 0. The highest BCUT2D eigenvalue weighted by Crippen LogP contribution is 2.61. The Bertz CT molecular complexity index is 675. The lowest BCUT2D eigenvalue weighted by Gasteiger charge is -2.39. The third kappa shape index (κ3) is 3.93. The predicted molar refractivity (Wildman–Crippen MR) is 67.7 cm³/mol. The lowest BCUT2D eigenvalue weighted by molar-refractivity contribution is -0.407. The van der Waals surface area contributed by atoms with Crippen molar-refractivity contribution in [2.45, 2.75) is 48.0 Å². The van der Waals surface area contributed by atoms with Crippen molar-refractivity contribution in [3.63, 3.8) is 0 Å². The second kappa shape index (κ2) is 8.13. The average Bonchev–Trinajstić information content (AvgIpc) is 2.53. The molecular weight excluding hydrogens is 480 g/mol. The smallest absolute Gasteiger partial charge is 0.289 e. The van der Waals surface area contributed by atoms with E-state index in [0.29, 0.717) is 0 Å². The zero-order valence-electron chi connectivity index (χ0n) is 13.4. The van der Waals surface area contributed by atoms with Gasteiger partial charge in [0, 0.05) is 0 Å². The number of hydrogen-bond donors (Lipinski definition) is 1. The topological polar surface area (TPSA) is 80.7 Å². The number of halogens is 12. The van der Waals surface area contributed by atoms with Crippen molar-refractivity contribution in [2.75, 3.05) is 7.11 Å². The van der Waals surface area contributed by atoms with Gasteiger partial charge in [0.2, 0.25) is 11.1 Å². The fourth-order valence-corrected chi connectivity index (χ4v) is 2.13. The summed E-state index contributed by atoms with van der Waals surface area (Å²) in [5, 5.41) is -14.4. The Balaban J connectivity index is 0. The number of alkyl halides is 12. The van der Waals surface area contributed by atoms with Gasteiger partial charge in [-0.25, -0.2) is 4.21 Å². The third-order valence-electron chi connectivity index (χ3n) is 2.60. The first-order valence-electron chi connectivity index (χ1n) is 6.18. The lowest BCUT2D eigenvalue weighted by atomic mass is 9.98. The molecule has 0 aliphatic rings. The molecule has 1 unspecified atom stereocenters. The molecule has 172 valence electrons. The highest BCUT2D eigenvalue weighted by atomic mass is 32.2. The Hall–Kier alpha value is -0.820. The monoisotopic (exact) mass is 490 g/mol. The second-order valence-corrected chi connectivity index (χ2v) is 6.99. The Kier molecular flexibility index (Phi) is 8.53. The molecule has 1 atom stereocenters. The largest absolute Gasteiger partial charge is 0.438 e. The van der Waals surface area contributed by atoms with Crippen LogP contribution in [0.15, 0.2) is 0 Å². The summed E-state index contributed by atoms with van der Waals surface area (Å²) in [5.74, 6) is -32.1. The fourth-order valence-electron chi connectivity index (χ4n) is 1.13. The maximum absolute atomic E-state index is 13.1. The molecule has 0 saturated carbocycles. The van der Waals surface area contributed by atoms with Crippen LogP contribution >= 0.6 is 0 Å². The van der Waals surface area contributed by atoms with Crippen molar-refractivity contribution < 1.29 is 74.0 Å². The van der Waals surface area contributed by atoms with Crippen LogP contribution < -0.4 is 0 Å². The van der Waals surface area contributed by atoms with Gasteiger partial charge in [-0.1, -0.05) is 13.8 Å². The molecule has 0 aromatic heterocycles. The number of hydrogen-bond acceptors (Lipinski definition) is 4. The standard InChI is InChI=1S/C7H4F12O5S2.C2H6/c1-24-25(20)6(16,17)4(12,13)2(8,9)3(10,11)5(14,15)7(18,19)26(21,22)23;1-2/h1H3,(H,21,22,23);1-2H3. The molecule has 0 heterocycles. The van der Waals surface area contributed by atoms with Crippen LogP contribution in [0.5, 0.6) is 0 Å². The van der Waals surface area contributed by atoms with E-state index in [4.69, 9.17) is 4.55 Å². The first kappa shape index (κ1) is 29.4. The Labute approximate surface area is 151 Å². The van der Waals surface area contributed by atoms with Crippen LogP contribution in [0.2, 0.25) is 0 Å². The highest BCUT2D eigenvalue weighted by Gasteiger charge is 2.92. The van der Waals surface area contributed by atoms with Crippen molar-refractivity contribution in [2.24, 2.45) is 0 Å². The summed E-state index contributed by atoms with van der Waals surface area (Å²) >= 11 is -4.85. The summed E-state index contributed by atoms with van der Waals surface area (Å²) < 4.78 is 197. The van der Waals surface area contributed by atoms with E-state index in [1.165, 1.54) is 0 Å². The Morgan fingerprint density at radius 1 is 0.714 bits per heavy atom. The van der Waals surface area contributed by atoms with Crippen molar-refractivity contribution in [1.82, 2.24) is 0 Å². The molecule has 0 amide bonds. The van der Waals surface area contributed by atoms with Crippen molar-refractivity contribution >= 4 is 21.2 Å². The van der Waals surface area contributed by atoms with E-state index in [1.54, 1.807) is 0 Å². The van der Waals surface area contributed by atoms with Gasteiger partial charge >= 0.3 is 44.3 Å². The fraction of sp³-hybridized carbons (Fsp3) is 1.00. The van der Waals surface area contributed by atoms with E-state index in [9.17, 15) is 65.3 Å². The molecule has 0 aromatic rings. The summed E-state index contributed by atoms with van der Waals surface area (Å²) in [6.45, 7) is 4.00. The molecular formula is C9H10F12O5S2. The lowest BCUT2D eigenvalue weighted by Crippen LogP contribution is -2.72. The van der Waals surface area contributed by atoms with Crippen LogP contribution in [0.25, 0.3) is 0 Å². The summed E-state index contributed by atoms with van der Waals surface area (Å²) in [6, 6.07) is 0. The first-order chi connectivity index (χ1) is 12.0. The minimum Gasteiger partial charge on any atom is -0.289 e. The first-order valence-corrected chi connectivity index (χ1v) is 8.70. The molecule has 0 saturated heterocycles. The molecule has 0 aromatic carbocycles. The van der Waals surface area contributed by atoms with E-state index in [2.05, 4.69) is 4.18 Å². The molecule has 0 spiro atoms. The molecule has 0 aliphatic heterocycles. The van der Waals surface area contributed by atoms with Crippen molar-refractivity contribution in [3.8, 4) is 0 Å². The van der Waals surface area contributed by atoms with E-state index in [-0.39, 0.29) is 7.11 Å². The van der Waals surface area contributed by atoms with Gasteiger partial charge in [-0.05, 0) is 0 Å². The molecule has 0 fully saturated rings. The van der Waals surface area contributed by atoms with E-state index < -0.39 is 55.4 Å². The van der Waals surface area contributed by atoms with Crippen molar-refractivity contribution in [1.29, 1.82) is 0 Å². The third-order valence-corrected chi connectivity index (χ3v) is 4.48. The molecule has 0 aliphatic carbocycles. The minimum absolute atomic E-state index is 0.0858. The van der Waals surface area contributed by atoms with Gasteiger partial charge < -0.3 is 0 Å². The molecule has 19 heteroatoms. The summed E-state index contributed by atoms with van der Waals surface area (Å²) in [7, 11) is -7.71. The van der Waals surface area contributed by atoms with Crippen LogP contribution in [-0.4, -0.2) is 58.5 Å². The van der Waals surface area contributed by atoms with Gasteiger partial charge in [0.1, 0.15) is 0 Å². The Morgan fingerprint density at radius 3 is 1.25 bits per heavy atom. The molecule has 0 bridgehead atoms. The van der Waals surface area contributed by atoms with Gasteiger partial charge in [0.05, 0.1) is 7.11 Å². The van der Waals surface area contributed by atoms with Crippen molar-refractivity contribution in [3.05, 3.63) is 0 Å². The van der Waals surface area contributed by atoms with Crippen LogP contribution in [0.1, 0.15) is 13.8 Å². The van der Waals surface area contributed by atoms with E-state index in [0.717, 1.165) is 0 Å². The highest BCUT2D eigenvalue weighted by molar-refractivity contribution is 7.87. The average molecular weight is 490 g/mol. The summed E-state index contributed by atoms with van der Waals surface area (Å²) in [6.07, 6.45) is 0. The van der Waals surface area contributed by atoms with E-state index in [1.807, 2.05) is 13.8 Å². The molecule has 5 nitrogen and oxygen atoms in total. The maximum atomic E-state index is 13.1. The van der Waals surface area contributed by atoms with Gasteiger partial charge in [-0.15, -0.1) is 0 Å². The van der Waals surface area contributed by atoms with Crippen LogP contribution in [0, 0.1) is 0 Å². The molecule has 28 heavy (non-hydrogen) atoms. The maximum Gasteiger partial charge on any atom is 0.438 e. The predicted octanol–water partition coefficient (Wildman–Crippen LogP) is 3.94. The molecule has 1 N–H and O–H groups in total. The second-order valence-electron chi connectivity index (χ2n) is 4.21. The van der Waals surface area contributed by atoms with Crippen LogP contribution in [0.3, 0.4) is 0 Å². The van der Waals surface area contributed by atoms with Crippen LogP contribution in [-0.2, 0) is 25.4 Å². The van der Waals surface area contributed by atoms with Gasteiger partial charge in [-0.3, -0.25) is 8.74 Å². The number of rotatable bonds is 8. The SMILES string of the molecule is CC.COS(=O)C(F)(F)C(F)(F)C(F)(F)C(F)(F)C(F)(F)C(F)(F)S(=O)(=O)O. The zero-order chi connectivity index (χ0) is 23.8. The van der Waals surface area contributed by atoms with Gasteiger partial charge in [0.15, 0.2) is 0 Å². The Morgan fingerprint density at radius 2 is 1.00 bits per heavy atom. The van der Waals surface area contributed by atoms with Gasteiger partial charge in [0.25, 0.3) is 0 Å². The van der Waals surface area contributed by atoms with Gasteiger partial charge in [-0.2, -0.15) is 61.1 Å². The minimum atomic E-state index is -8.22.